The first-order valence-electron chi connectivity index (χ1n) is 9.99. The van der Waals surface area contributed by atoms with E-state index in [4.69, 9.17) is 9.47 Å². The molecule has 5 nitrogen and oxygen atoms in total. The molecule has 0 saturated carbocycles. The molecular weight excluding hydrogens is 326 g/mol. The van der Waals surface area contributed by atoms with Crippen LogP contribution in [0.1, 0.15) is 36.8 Å². The standard InChI is InChI=1S/C21H33N3O2/c1-17-5-7-18(8-6-17)9-12-23-21(22-2)24-13-10-19(11-14-24)26-16-20-4-3-15-25-20/h5-8,19-20H,3-4,9-16H2,1-2H3,(H,22,23). The maximum atomic E-state index is 6.07. The highest BCUT2D eigenvalue weighted by Gasteiger charge is 2.24. The number of likely N-dealkylation sites (tertiary alicyclic amines) is 1. The largest absolute Gasteiger partial charge is 0.376 e. The fraction of sp³-hybridized carbons (Fsp3) is 0.667. The Balaban J connectivity index is 1.35. The van der Waals surface area contributed by atoms with Crippen LogP contribution in [0.3, 0.4) is 0 Å². The van der Waals surface area contributed by atoms with Crippen molar-refractivity contribution in [3.05, 3.63) is 35.4 Å². The Morgan fingerprint density at radius 3 is 2.65 bits per heavy atom. The predicted molar refractivity (Wildman–Crippen MR) is 106 cm³/mol. The second-order valence-electron chi connectivity index (χ2n) is 7.36. The number of benzene rings is 1. The summed E-state index contributed by atoms with van der Waals surface area (Å²) in [4.78, 5) is 6.81. The van der Waals surface area contributed by atoms with Gasteiger partial charge >= 0.3 is 0 Å². The third-order valence-corrected chi connectivity index (χ3v) is 5.31. The number of nitrogens with zero attached hydrogens (tertiary/aromatic N) is 2. The lowest BCUT2D eigenvalue weighted by Gasteiger charge is -2.34. The SMILES string of the molecule is CN=C(NCCc1ccc(C)cc1)N1CCC(OCC2CCCO2)CC1. The summed E-state index contributed by atoms with van der Waals surface area (Å²) in [5.74, 6) is 1.01. The Hall–Kier alpha value is -1.59. The summed E-state index contributed by atoms with van der Waals surface area (Å²) in [6, 6.07) is 8.75. The number of rotatable bonds is 6. The van der Waals surface area contributed by atoms with E-state index in [2.05, 4.69) is 46.4 Å². The first-order chi connectivity index (χ1) is 12.7. The summed E-state index contributed by atoms with van der Waals surface area (Å²) < 4.78 is 11.7. The summed E-state index contributed by atoms with van der Waals surface area (Å²) >= 11 is 0. The van der Waals surface area contributed by atoms with Gasteiger partial charge in [0, 0.05) is 33.3 Å². The van der Waals surface area contributed by atoms with Crippen molar-refractivity contribution in [2.45, 2.75) is 51.2 Å². The first kappa shape index (κ1) is 19.2. The molecule has 3 rings (SSSR count). The Morgan fingerprint density at radius 2 is 2.00 bits per heavy atom. The quantitative estimate of drug-likeness (QED) is 0.627. The van der Waals surface area contributed by atoms with Gasteiger partial charge in [0.15, 0.2) is 5.96 Å². The van der Waals surface area contributed by atoms with Gasteiger partial charge in [0.05, 0.1) is 18.8 Å². The lowest BCUT2D eigenvalue weighted by atomic mass is 10.1. The summed E-state index contributed by atoms with van der Waals surface area (Å²) in [5.41, 5.74) is 2.67. The van der Waals surface area contributed by atoms with Crippen LogP contribution in [0.25, 0.3) is 0 Å². The fourth-order valence-electron chi connectivity index (χ4n) is 3.66. The minimum Gasteiger partial charge on any atom is -0.376 e. The van der Waals surface area contributed by atoms with E-state index >= 15 is 0 Å². The fourth-order valence-corrected chi connectivity index (χ4v) is 3.66. The predicted octanol–water partition coefficient (Wildman–Crippen LogP) is 2.77. The van der Waals surface area contributed by atoms with Crippen molar-refractivity contribution in [2.24, 2.45) is 4.99 Å². The molecule has 0 radical (unpaired) electrons. The highest BCUT2D eigenvalue weighted by Crippen LogP contribution is 2.17. The van der Waals surface area contributed by atoms with Gasteiger partial charge in [0.25, 0.3) is 0 Å². The van der Waals surface area contributed by atoms with Crippen molar-refractivity contribution < 1.29 is 9.47 Å². The Bertz CT molecular complexity index is 559. The molecule has 2 heterocycles. The van der Waals surface area contributed by atoms with Crippen LogP contribution in [0.2, 0.25) is 0 Å². The number of ether oxygens (including phenoxy) is 2. The van der Waals surface area contributed by atoms with E-state index in [9.17, 15) is 0 Å². The molecule has 2 saturated heterocycles. The molecule has 0 amide bonds. The van der Waals surface area contributed by atoms with Gasteiger partial charge in [-0.15, -0.1) is 0 Å². The normalized spacial score (nSPS) is 22.0. The van der Waals surface area contributed by atoms with Crippen molar-refractivity contribution in [2.75, 3.05) is 39.9 Å². The summed E-state index contributed by atoms with van der Waals surface area (Å²) in [6.45, 7) is 6.69. The number of aryl methyl sites for hydroxylation is 1. The van der Waals surface area contributed by atoms with Crippen molar-refractivity contribution >= 4 is 5.96 Å². The van der Waals surface area contributed by atoms with Crippen LogP contribution in [0.15, 0.2) is 29.3 Å². The highest BCUT2D eigenvalue weighted by molar-refractivity contribution is 5.79. The maximum Gasteiger partial charge on any atom is 0.193 e. The minimum absolute atomic E-state index is 0.323. The molecule has 2 aliphatic heterocycles. The van der Waals surface area contributed by atoms with E-state index in [0.717, 1.165) is 64.5 Å². The molecule has 26 heavy (non-hydrogen) atoms. The topological polar surface area (TPSA) is 46.1 Å². The van der Waals surface area contributed by atoms with Gasteiger partial charge in [-0.05, 0) is 44.6 Å². The van der Waals surface area contributed by atoms with Gasteiger partial charge < -0.3 is 19.7 Å². The molecule has 144 valence electrons. The Labute approximate surface area is 157 Å². The summed E-state index contributed by atoms with van der Waals surface area (Å²) in [6.07, 6.45) is 6.15. The number of hydrogen-bond acceptors (Lipinski definition) is 3. The van der Waals surface area contributed by atoms with Crippen LogP contribution in [-0.2, 0) is 15.9 Å². The second-order valence-corrected chi connectivity index (χ2v) is 7.36. The molecule has 1 N–H and O–H groups in total. The van der Waals surface area contributed by atoms with Crippen molar-refractivity contribution in [1.29, 1.82) is 0 Å². The van der Waals surface area contributed by atoms with E-state index in [1.807, 2.05) is 7.05 Å². The van der Waals surface area contributed by atoms with E-state index in [-0.39, 0.29) is 0 Å². The lowest BCUT2D eigenvalue weighted by Crippen LogP contribution is -2.47. The third-order valence-electron chi connectivity index (χ3n) is 5.31. The van der Waals surface area contributed by atoms with Gasteiger partial charge in [-0.3, -0.25) is 4.99 Å². The second kappa shape index (κ2) is 9.93. The number of aliphatic imine (C=N–C) groups is 1. The average molecular weight is 360 g/mol. The van der Waals surface area contributed by atoms with Gasteiger partial charge in [0.2, 0.25) is 0 Å². The smallest absolute Gasteiger partial charge is 0.193 e. The third kappa shape index (κ3) is 5.71. The van der Waals surface area contributed by atoms with Crippen molar-refractivity contribution in [3.8, 4) is 0 Å². The Kier molecular flexibility index (Phi) is 7.32. The summed E-state index contributed by atoms with van der Waals surface area (Å²) in [5, 5.41) is 3.51. The number of nitrogens with one attached hydrogen (secondary N) is 1. The molecule has 0 bridgehead atoms. The molecule has 1 atom stereocenters. The number of guanidine groups is 1. The number of piperidine rings is 1. The zero-order valence-corrected chi connectivity index (χ0v) is 16.2. The lowest BCUT2D eigenvalue weighted by molar-refractivity contribution is -0.0367. The monoisotopic (exact) mass is 359 g/mol. The van der Waals surface area contributed by atoms with Gasteiger partial charge in [-0.2, -0.15) is 0 Å². The first-order valence-corrected chi connectivity index (χ1v) is 9.99. The van der Waals surface area contributed by atoms with Gasteiger partial charge in [-0.25, -0.2) is 0 Å². The van der Waals surface area contributed by atoms with Gasteiger partial charge in [0.1, 0.15) is 0 Å². The summed E-state index contributed by atoms with van der Waals surface area (Å²) in [7, 11) is 1.87. The highest BCUT2D eigenvalue weighted by atomic mass is 16.5. The zero-order valence-electron chi connectivity index (χ0n) is 16.2. The van der Waals surface area contributed by atoms with E-state index in [1.54, 1.807) is 0 Å². The molecule has 1 aromatic rings. The molecule has 2 aliphatic rings. The van der Waals surface area contributed by atoms with Crippen LogP contribution < -0.4 is 5.32 Å². The van der Waals surface area contributed by atoms with Crippen LogP contribution in [-0.4, -0.2) is 63.0 Å². The van der Waals surface area contributed by atoms with Crippen LogP contribution in [0.4, 0.5) is 0 Å². The molecule has 0 aromatic heterocycles. The molecule has 0 aliphatic carbocycles. The number of hydrogen-bond donors (Lipinski definition) is 1. The molecule has 0 spiro atoms. The van der Waals surface area contributed by atoms with E-state index in [0.29, 0.717) is 12.2 Å². The zero-order chi connectivity index (χ0) is 18.2. The van der Waals surface area contributed by atoms with Gasteiger partial charge in [-0.1, -0.05) is 29.8 Å². The molecule has 5 heteroatoms. The molecule has 1 aromatic carbocycles. The van der Waals surface area contributed by atoms with E-state index < -0.39 is 0 Å². The molecule has 2 fully saturated rings. The van der Waals surface area contributed by atoms with E-state index in [1.165, 1.54) is 17.5 Å². The Morgan fingerprint density at radius 1 is 1.23 bits per heavy atom. The van der Waals surface area contributed by atoms with Crippen LogP contribution in [0.5, 0.6) is 0 Å². The van der Waals surface area contributed by atoms with Crippen LogP contribution >= 0.6 is 0 Å². The average Bonchev–Trinajstić information content (AvgIpc) is 3.19. The van der Waals surface area contributed by atoms with Crippen LogP contribution in [0, 0.1) is 6.92 Å². The molecule has 1 unspecified atom stereocenters. The minimum atomic E-state index is 0.323. The maximum absolute atomic E-state index is 6.07. The molecular formula is C21H33N3O2. The van der Waals surface area contributed by atoms with Crippen molar-refractivity contribution in [3.63, 3.8) is 0 Å². The van der Waals surface area contributed by atoms with Crippen molar-refractivity contribution in [1.82, 2.24) is 10.2 Å².